The van der Waals surface area contributed by atoms with Crippen molar-refractivity contribution in [2.75, 3.05) is 13.6 Å². The van der Waals surface area contributed by atoms with Crippen molar-refractivity contribution in [3.05, 3.63) is 77.9 Å². The van der Waals surface area contributed by atoms with Crippen LogP contribution < -0.4 is 9.44 Å². The van der Waals surface area contributed by atoms with Crippen molar-refractivity contribution in [2.24, 2.45) is 11.8 Å². The number of nitrogens with zero attached hydrogens (tertiary/aromatic N) is 1. The maximum Gasteiger partial charge on any atom is 0.306 e. The van der Waals surface area contributed by atoms with Crippen LogP contribution >= 0.6 is 35.9 Å². The third-order valence-corrected chi connectivity index (χ3v) is 10.5. The molecule has 2 fully saturated rings. The van der Waals surface area contributed by atoms with Gasteiger partial charge in [-0.15, -0.1) is 24.0 Å². The highest BCUT2D eigenvalue weighted by Gasteiger charge is 2.45. The second kappa shape index (κ2) is 14.5. The number of amides is 1. The Morgan fingerprint density at radius 1 is 0.977 bits per heavy atom. The number of halogens is 1. The van der Waals surface area contributed by atoms with Gasteiger partial charge in [0.2, 0.25) is 21.0 Å². The summed E-state index contributed by atoms with van der Waals surface area (Å²) in [6.45, 7) is 0.252. The Hall–Kier alpha value is -2.52. The van der Waals surface area contributed by atoms with Crippen LogP contribution in [0.4, 0.5) is 0 Å². The SMILES string of the molecule is CNSC(=O)c1cccc(C[C@H](NS(=O)(=O)c2ccc3ccccc3c2)C(=O)N2CCC(C(=O)O)C3CCCCC32)c1.I. The summed E-state index contributed by atoms with van der Waals surface area (Å²) in [5, 5.41) is 11.3. The van der Waals surface area contributed by atoms with Crippen LogP contribution in [-0.2, 0) is 26.0 Å². The van der Waals surface area contributed by atoms with Gasteiger partial charge in [-0.2, -0.15) is 4.72 Å². The first-order valence-corrected chi connectivity index (χ1v) is 16.5. The van der Waals surface area contributed by atoms with E-state index in [0.717, 1.165) is 42.0 Å². The molecule has 230 valence electrons. The van der Waals surface area contributed by atoms with Crippen LogP contribution in [0.25, 0.3) is 10.8 Å². The third-order valence-electron chi connectivity index (χ3n) is 8.40. The molecular formula is C31H36IN3O6S2. The Morgan fingerprint density at radius 2 is 1.72 bits per heavy atom. The van der Waals surface area contributed by atoms with Crippen LogP contribution in [-0.4, -0.2) is 61.1 Å². The first-order chi connectivity index (χ1) is 20.2. The van der Waals surface area contributed by atoms with Crippen molar-refractivity contribution < 1.29 is 27.9 Å². The minimum absolute atomic E-state index is 0. The van der Waals surface area contributed by atoms with E-state index in [4.69, 9.17) is 0 Å². The average molecular weight is 738 g/mol. The number of nitrogens with one attached hydrogen (secondary N) is 2. The molecule has 0 bridgehead atoms. The molecule has 0 aromatic heterocycles. The van der Waals surface area contributed by atoms with Gasteiger partial charge >= 0.3 is 5.97 Å². The Morgan fingerprint density at radius 3 is 2.47 bits per heavy atom. The zero-order valence-corrected chi connectivity index (χ0v) is 27.7. The quantitative estimate of drug-likeness (QED) is 0.210. The van der Waals surface area contributed by atoms with E-state index >= 15 is 0 Å². The van der Waals surface area contributed by atoms with E-state index in [1.54, 1.807) is 48.3 Å². The van der Waals surface area contributed by atoms with Crippen molar-refractivity contribution in [1.29, 1.82) is 0 Å². The number of aliphatic carboxylic acids is 1. The average Bonchev–Trinajstić information content (AvgIpc) is 2.99. The van der Waals surface area contributed by atoms with Gasteiger partial charge in [0.25, 0.3) is 0 Å². The number of fused-ring (bicyclic) bond motifs is 2. The van der Waals surface area contributed by atoms with Crippen molar-refractivity contribution in [2.45, 2.75) is 55.5 Å². The van der Waals surface area contributed by atoms with Crippen molar-refractivity contribution in [3.63, 3.8) is 0 Å². The molecule has 1 heterocycles. The maximum absolute atomic E-state index is 14.2. The summed E-state index contributed by atoms with van der Waals surface area (Å²) in [6, 6.07) is 17.7. The molecule has 9 nitrogen and oxygen atoms in total. The highest BCUT2D eigenvalue weighted by atomic mass is 127. The number of carbonyl (C=O) groups is 3. The number of likely N-dealkylation sites (tertiary alicyclic amines) is 1. The van der Waals surface area contributed by atoms with Gasteiger partial charge in [-0.05, 0) is 85.1 Å². The standard InChI is InChI=1S/C31H35N3O6S2.HI/c1-32-41-31(38)23-10-6-7-20(17-23)18-27(33-42(39,40)24-14-13-21-8-2-3-9-22(21)19-24)29(35)34-16-15-26(30(36)37)25-11-4-5-12-28(25)34;/h2-3,6-10,13-14,17,19,25-28,32-33H,4-5,11-12,15-16,18H2,1H3,(H,36,37);1H/t25?,26?,27-,28?;/m0./s1. The summed E-state index contributed by atoms with van der Waals surface area (Å²) in [7, 11) is -2.47. The van der Waals surface area contributed by atoms with Crippen molar-refractivity contribution in [3.8, 4) is 0 Å². The van der Waals surface area contributed by atoms with Gasteiger partial charge < -0.3 is 10.0 Å². The molecule has 3 unspecified atom stereocenters. The molecule has 1 amide bonds. The molecule has 1 saturated heterocycles. The Kier molecular flexibility index (Phi) is 11.3. The largest absolute Gasteiger partial charge is 0.481 e. The Labute approximate surface area is 273 Å². The number of benzene rings is 3. The number of carboxylic acid groups (broad SMARTS) is 1. The minimum Gasteiger partial charge on any atom is -0.481 e. The van der Waals surface area contributed by atoms with E-state index in [2.05, 4.69) is 9.44 Å². The van der Waals surface area contributed by atoms with E-state index < -0.39 is 28.0 Å². The van der Waals surface area contributed by atoms with Crippen LogP contribution in [0.15, 0.2) is 71.6 Å². The lowest BCUT2D eigenvalue weighted by atomic mass is 9.71. The molecule has 1 aliphatic heterocycles. The summed E-state index contributed by atoms with van der Waals surface area (Å²) >= 11 is 0.940. The predicted molar refractivity (Wildman–Crippen MR) is 178 cm³/mol. The zero-order chi connectivity index (χ0) is 29.9. The Balaban J connectivity index is 0.00000423. The van der Waals surface area contributed by atoms with E-state index in [0.29, 0.717) is 24.0 Å². The molecule has 1 aliphatic carbocycles. The molecule has 2 aliphatic rings. The van der Waals surface area contributed by atoms with Crippen molar-refractivity contribution in [1.82, 2.24) is 14.3 Å². The van der Waals surface area contributed by atoms with Gasteiger partial charge in [-0.3, -0.25) is 19.1 Å². The van der Waals surface area contributed by atoms with Crippen LogP contribution in [0.5, 0.6) is 0 Å². The summed E-state index contributed by atoms with van der Waals surface area (Å²) in [5.74, 6) is -1.89. The predicted octanol–water partition coefficient (Wildman–Crippen LogP) is 4.85. The monoisotopic (exact) mass is 737 g/mol. The van der Waals surface area contributed by atoms with Crippen molar-refractivity contribution >= 4 is 73.7 Å². The van der Waals surface area contributed by atoms with Gasteiger partial charge in [-0.1, -0.05) is 61.4 Å². The summed E-state index contributed by atoms with van der Waals surface area (Å²) in [4.78, 5) is 40.5. The molecule has 12 heteroatoms. The number of sulfonamides is 1. The third kappa shape index (κ3) is 7.59. The molecule has 43 heavy (non-hydrogen) atoms. The highest BCUT2D eigenvalue weighted by Crippen LogP contribution is 2.39. The minimum atomic E-state index is -4.12. The lowest BCUT2D eigenvalue weighted by Gasteiger charge is -2.47. The van der Waals surface area contributed by atoms with Crippen LogP contribution in [0.2, 0.25) is 0 Å². The van der Waals surface area contributed by atoms with Crippen LogP contribution in [0.3, 0.4) is 0 Å². The smallest absolute Gasteiger partial charge is 0.306 e. The topological polar surface area (TPSA) is 133 Å². The first kappa shape index (κ1) is 33.4. The number of carboxylic acids is 1. The molecule has 0 radical (unpaired) electrons. The molecule has 5 rings (SSSR count). The van der Waals surface area contributed by atoms with E-state index in [1.807, 2.05) is 24.3 Å². The maximum atomic E-state index is 14.2. The van der Waals surface area contributed by atoms with Gasteiger partial charge in [0.1, 0.15) is 6.04 Å². The molecule has 3 N–H and O–H groups in total. The fourth-order valence-corrected chi connectivity index (χ4v) is 8.07. The zero-order valence-electron chi connectivity index (χ0n) is 23.8. The fraction of sp³-hybridized carbons (Fsp3) is 0.387. The number of carbonyl (C=O) groups excluding carboxylic acids is 2. The van der Waals surface area contributed by atoms with E-state index in [9.17, 15) is 27.9 Å². The lowest BCUT2D eigenvalue weighted by Crippen LogP contribution is -2.59. The molecule has 1 saturated carbocycles. The normalized spacial score (nSPS) is 21.0. The molecule has 4 atom stereocenters. The summed E-state index contributed by atoms with van der Waals surface area (Å²) < 4.78 is 32.9. The highest BCUT2D eigenvalue weighted by molar-refractivity contribution is 14.0. The Bertz CT molecular complexity index is 1600. The molecule has 3 aromatic rings. The van der Waals surface area contributed by atoms with E-state index in [1.165, 1.54) is 6.07 Å². The molecule has 0 spiro atoms. The first-order valence-electron chi connectivity index (χ1n) is 14.2. The molecule has 3 aromatic carbocycles. The van der Waals surface area contributed by atoms with Crippen LogP contribution in [0.1, 0.15) is 48.0 Å². The van der Waals surface area contributed by atoms with Gasteiger partial charge in [0.15, 0.2) is 0 Å². The van der Waals surface area contributed by atoms with Gasteiger partial charge in [0, 0.05) is 18.2 Å². The molecular weight excluding hydrogens is 701 g/mol. The number of hydrogen-bond acceptors (Lipinski definition) is 7. The van der Waals surface area contributed by atoms with Crippen LogP contribution in [0, 0.1) is 11.8 Å². The fourth-order valence-electron chi connectivity index (χ4n) is 6.42. The number of piperidine rings is 1. The number of hydrogen-bond donors (Lipinski definition) is 3. The number of rotatable bonds is 9. The summed E-state index contributed by atoms with van der Waals surface area (Å²) in [6.07, 6.45) is 3.58. The lowest BCUT2D eigenvalue weighted by molar-refractivity contribution is -0.154. The van der Waals surface area contributed by atoms with Gasteiger partial charge in [-0.25, -0.2) is 8.42 Å². The van der Waals surface area contributed by atoms with E-state index in [-0.39, 0.29) is 64.8 Å². The van der Waals surface area contributed by atoms with Gasteiger partial charge in [0.05, 0.1) is 10.8 Å². The second-order valence-corrected chi connectivity index (χ2v) is 13.7. The second-order valence-electron chi connectivity index (χ2n) is 11.0. The summed E-state index contributed by atoms with van der Waals surface area (Å²) in [5.41, 5.74) is 1.07.